The van der Waals surface area contributed by atoms with Gasteiger partial charge in [-0.3, -0.25) is 0 Å². The van der Waals surface area contributed by atoms with E-state index in [9.17, 15) is 10.2 Å². The summed E-state index contributed by atoms with van der Waals surface area (Å²) >= 11 is 0. The normalized spacial score (nSPS) is 20.6. The van der Waals surface area contributed by atoms with Crippen molar-refractivity contribution in [2.75, 3.05) is 26.7 Å². The van der Waals surface area contributed by atoms with Gasteiger partial charge in [0.2, 0.25) is 0 Å². The lowest BCUT2D eigenvalue weighted by Gasteiger charge is -2.46. The lowest BCUT2D eigenvalue weighted by atomic mass is 9.81. The Labute approximate surface area is 195 Å². The van der Waals surface area contributed by atoms with E-state index in [0.29, 0.717) is 13.0 Å². The molecule has 33 heavy (non-hydrogen) atoms. The first kappa shape index (κ1) is 22.0. The summed E-state index contributed by atoms with van der Waals surface area (Å²) in [6.45, 7) is 2.26. The summed E-state index contributed by atoms with van der Waals surface area (Å²) in [7, 11) is 1.63. The summed E-state index contributed by atoms with van der Waals surface area (Å²) in [4.78, 5) is 2.29. The molecule has 0 aromatic heterocycles. The van der Waals surface area contributed by atoms with Crippen LogP contribution in [0, 0.1) is 0 Å². The second-order valence-corrected chi connectivity index (χ2v) is 9.21. The predicted molar refractivity (Wildman–Crippen MR) is 128 cm³/mol. The number of hydrogen-bond acceptors (Lipinski definition) is 5. The molecule has 2 heterocycles. The highest BCUT2D eigenvalue weighted by molar-refractivity contribution is 5.63. The lowest BCUT2D eigenvalue weighted by molar-refractivity contribution is -0.0588. The maximum absolute atomic E-state index is 10.8. The van der Waals surface area contributed by atoms with Crippen LogP contribution < -0.4 is 9.47 Å². The molecule has 1 fully saturated rings. The van der Waals surface area contributed by atoms with Crippen LogP contribution in [0.15, 0.2) is 72.8 Å². The van der Waals surface area contributed by atoms with Gasteiger partial charge in [0, 0.05) is 31.6 Å². The molecule has 2 aliphatic rings. The number of aliphatic hydroxyl groups is 2. The van der Waals surface area contributed by atoms with Crippen LogP contribution in [0.5, 0.6) is 11.5 Å². The molecule has 1 spiro atoms. The minimum atomic E-state index is -0.552. The summed E-state index contributed by atoms with van der Waals surface area (Å²) in [5.74, 6) is 1.48. The molecule has 172 valence electrons. The van der Waals surface area contributed by atoms with Gasteiger partial charge in [-0.25, -0.2) is 0 Å². The predicted octanol–water partition coefficient (Wildman–Crippen LogP) is 4.75. The number of hydrogen-bond donors (Lipinski definition) is 2. The fraction of sp³-hybridized carbons (Fsp3) is 0.357. The van der Waals surface area contributed by atoms with E-state index in [1.165, 1.54) is 5.56 Å². The number of benzene rings is 3. The first-order chi connectivity index (χ1) is 16.0. The highest BCUT2D eigenvalue weighted by Crippen LogP contribution is 2.45. The molecular weight excluding hydrogens is 414 g/mol. The summed E-state index contributed by atoms with van der Waals surface area (Å²) in [5, 5.41) is 21.6. The van der Waals surface area contributed by atoms with Gasteiger partial charge in [0.05, 0.1) is 19.3 Å². The van der Waals surface area contributed by atoms with E-state index in [1.54, 1.807) is 7.11 Å². The molecule has 0 bridgehead atoms. The van der Waals surface area contributed by atoms with Crippen LogP contribution in [-0.4, -0.2) is 47.5 Å². The van der Waals surface area contributed by atoms with E-state index in [0.717, 1.165) is 54.1 Å². The van der Waals surface area contributed by atoms with Crippen LogP contribution in [0.1, 0.15) is 42.6 Å². The third-order valence-corrected chi connectivity index (χ3v) is 7.07. The summed E-state index contributed by atoms with van der Waals surface area (Å²) < 4.78 is 11.7. The minimum absolute atomic E-state index is 0.347. The molecule has 0 saturated carbocycles. The van der Waals surface area contributed by atoms with Crippen molar-refractivity contribution in [2.24, 2.45) is 0 Å². The van der Waals surface area contributed by atoms with Gasteiger partial charge in [-0.1, -0.05) is 54.6 Å². The van der Waals surface area contributed by atoms with Gasteiger partial charge in [-0.2, -0.15) is 0 Å². The van der Waals surface area contributed by atoms with Crippen LogP contribution in [0.2, 0.25) is 0 Å². The molecule has 0 radical (unpaired) electrons. The number of aliphatic hydroxyl groups excluding tert-OH is 2. The van der Waals surface area contributed by atoms with Crippen LogP contribution in [0.4, 0.5) is 0 Å². The Morgan fingerprint density at radius 2 is 1.70 bits per heavy atom. The molecule has 5 rings (SSSR count). The molecule has 5 heteroatoms. The summed E-state index contributed by atoms with van der Waals surface area (Å²) in [6.07, 6.45) is 1.16. The molecular formula is C28H31NO4. The van der Waals surface area contributed by atoms with Crippen molar-refractivity contribution in [1.82, 2.24) is 4.90 Å². The maximum atomic E-state index is 10.8. The van der Waals surface area contributed by atoms with Crippen LogP contribution >= 0.6 is 0 Å². The van der Waals surface area contributed by atoms with Crippen LogP contribution in [-0.2, 0) is 0 Å². The molecule has 1 saturated heterocycles. The maximum Gasteiger partial charge on any atom is 0.126 e. The van der Waals surface area contributed by atoms with Crippen LogP contribution in [0.3, 0.4) is 0 Å². The molecule has 2 atom stereocenters. The Bertz CT molecular complexity index is 1070. The van der Waals surface area contributed by atoms with Gasteiger partial charge in [0.1, 0.15) is 17.1 Å². The van der Waals surface area contributed by atoms with Crippen molar-refractivity contribution in [3.05, 3.63) is 83.9 Å². The van der Waals surface area contributed by atoms with E-state index in [1.807, 2.05) is 48.5 Å². The average Bonchev–Trinajstić information content (AvgIpc) is 2.86. The van der Waals surface area contributed by atoms with Gasteiger partial charge in [-0.05, 0) is 47.7 Å². The second-order valence-electron chi connectivity index (χ2n) is 9.21. The Hall–Kier alpha value is -2.86. The zero-order chi connectivity index (χ0) is 22.8. The standard InChI is InChI=1S/C28H31NO4/c1-32-23-11-12-27-24(17-23)25(30)18-28(33-27)13-15-29(16-14-28)19-26(31)22-9-7-21(8-10-22)20-5-3-2-4-6-20/h2-12,17,25-26,30-31H,13-16,18-19H2,1H3/t25-,26+/m1/s1. The Balaban J connectivity index is 1.19. The summed E-state index contributed by atoms with van der Waals surface area (Å²) in [5.41, 5.74) is 3.71. The van der Waals surface area contributed by atoms with Gasteiger partial charge in [0.15, 0.2) is 0 Å². The molecule has 0 unspecified atom stereocenters. The molecule has 5 nitrogen and oxygen atoms in total. The van der Waals surface area contributed by atoms with Crippen molar-refractivity contribution in [2.45, 2.75) is 37.1 Å². The SMILES string of the molecule is COc1ccc2c(c1)[C@H](O)CC1(CCN(C[C@H](O)c3ccc(-c4ccccc4)cc3)CC1)O2. The topological polar surface area (TPSA) is 62.2 Å². The van der Waals surface area contributed by atoms with Crippen molar-refractivity contribution in [1.29, 1.82) is 0 Å². The van der Waals surface area contributed by atoms with E-state index in [2.05, 4.69) is 29.2 Å². The van der Waals surface area contributed by atoms with Gasteiger partial charge < -0.3 is 24.6 Å². The van der Waals surface area contributed by atoms with Gasteiger partial charge >= 0.3 is 0 Å². The largest absolute Gasteiger partial charge is 0.497 e. The van der Waals surface area contributed by atoms with Gasteiger partial charge in [0.25, 0.3) is 0 Å². The lowest BCUT2D eigenvalue weighted by Crippen LogP contribution is -2.51. The number of nitrogens with zero attached hydrogens (tertiary/aromatic N) is 1. The number of β-amino-alcohol motifs (C(OH)–C–C–N with tert-alkyl or cyclic N) is 1. The molecule has 3 aromatic rings. The van der Waals surface area contributed by atoms with Crippen molar-refractivity contribution >= 4 is 0 Å². The number of likely N-dealkylation sites (tertiary alicyclic amines) is 1. The minimum Gasteiger partial charge on any atom is -0.497 e. The quantitative estimate of drug-likeness (QED) is 0.594. The number of ether oxygens (including phenoxy) is 2. The van der Waals surface area contributed by atoms with E-state index >= 15 is 0 Å². The molecule has 2 N–H and O–H groups in total. The highest BCUT2D eigenvalue weighted by Gasteiger charge is 2.43. The van der Waals surface area contributed by atoms with Crippen molar-refractivity contribution in [3.8, 4) is 22.6 Å². The van der Waals surface area contributed by atoms with Crippen LogP contribution in [0.25, 0.3) is 11.1 Å². The zero-order valence-corrected chi connectivity index (χ0v) is 19.0. The van der Waals surface area contributed by atoms with E-state index < -0.39 is 12.2 Å². The molecule has 0 aliphatic carbocycles. The average molecular weight is 446 g/mol. The second kappa shape index (κ2) is 9.18. The first-order valence-electron chi connectivity index (χ1n) is 11.7. The monoisotopic (exact) mass is 445 g/mol. The molecule has 2 aliphatic heterocycles. The Morgan fingerprint density at radius 3 is 2.39 bits per heavy atom. The fourth-order valence-electron chi connectivity index (χ4n) is 5.07. The van der Waals surface area contributed by atoms with E-state index in [-0.39, 0.29) is 5.60 Å². The van der Waals surface area contributed by atoms with Crippen molar-refractivity contribution in [3.63, 3.8) is 0 Å². The zero-order valence-electron chi connectivity index (χ0n) is 19.0. The number of methoxy groups -OCH3 is 1. The van der Waals surface area contributed by atoms with E-state index in [4.69, 9.17) is 9.47 Å². The highest BCUT2D eigenvalue weighted by atomic mass is 16.5. The molecule has 3 aromatic carbocycles. The first-order valence-corrected chi connectivity index (χ1v) is 11.7. The third kappa shape index (κ3) is 4.62. The number of piperidine rings is 1. The Kier molecular flexibility index (Phi) is 6.11. The molecule has 0 amide bonds. The van der Waals surface area contributed by atoms with Crippen molar-refractivity contribution < 1.29 is 19.7 Å². The number of rotatable bonds is 5. The number of fused-ring (bicyclic) bond motifs is 1. The third-order valence-electron chi connectivity index (χ3n) is 7.07. The summed E-state index contributed by atoms with van der Waals surface area (Å²) in [6, 6.07) is 24.1. The van der Waals surface area contributed by atoms with Gasteiger partial charge in [-0.15, -0.1) is 0 Å². The Morgan fingerprint density at radius 1 is 1.00 bits per heavy atom. The fourth-order valence-corrected chi connectivity index (χ4v) is 5.07. The smallest absolute Gasteiger partial charge is 0.126 e.